The Balaban J connectivity index is 1.78. The third-order valence-electron chi connectivity index (χ3n) is 5.29. The van der Waals surface area contributed by atoms with Gasteiger partial charge in [0.05, 0.1) is 11.6 Å². The molecule has 0 bridgehead atoms. The molecule has 3 N–H and O–H groups in total. The van der Waals surface area contributed by atoms with E-state index in [9.17, 15) is 5.21 Å². The summed E-state index contributed by atoms with van der Waals surface area (Å²) in [7, 11) is 0. The van der Waals surface area contributed by atoms with Crippen LogP contribution in [-0.4, -0.2) is 10.9 Å². The van der Waals surface area contributed by atoms with Crippen LogP contribution in [0.5, 0.6) is 0 Å². The normalized spacial score (nSPS) is 24.5. The van der Waals surface area contributed by atoms with Gasteiger partial charge in [-0.3, -0.25) is 0 Å². The SMILES string of the molecule is ON=C1C[C@H](c2ccccc2)[NH2+][C@@H](c2ccccc2)[C@H]1c1ccccc1. The number of nitrogens with zero attached hydrogens (tertiary/aromatic N) is 1. The van der Waals surface area contributed by atoms with Gasteiger partial charge in [0.2, 0.25) is 0 Å². The first kappa shape index (κ1) is 16.6. The van der Waals surface area contributed by atoms with Crippen LogP contribution in [0.15, 0.2) is 96.2 Å². The minimum atomic E-state index is 0.0589. The summed E-state index contributed by atoms with van der Waals surface area (Å²) in [5, 5.41) is 16.0. The zero-order valence-corrected chi connectivity index (χ0v) is 14.6. The van der Waals surface area contributed by atoms with E-state index in [0.29, 0.717) is 0 Å². The van der Waals surface area contributed by atoms with Crippen molar-refractivity contribution in [3.8, 4) is 0 Å². The highest BCUT2D eigenvalue weighted by atomic mass is 16.4. The molecule has 4 rings (SSSR count). The molecule has 3 heteroatoms. The highest BCUT2D eigenvalue weighted by molar-refractivity contribution is 5.92. The molecule has 0 radical (unpaired) electrons. The van der Waals surface area contributed by atoms with Crippen molar-refractivity contribution in [1.29, 1.82) is 0 Å². The Morgan fingerprint density at radius 1 is 0.692 bits per heavy atom. The van der Waals surface area contributed by atoms with Crippen molar-refractivity contribution in [1.82, 2.24) is 0 Å². The highest BCUT2D eigenvalue weighted by Gasteiger charge is 2.41. The zero-order chi connectivity index (χ0) is 17.8. The van der Waals surface area contributed by atoms with Gasteiger partial charge in [0.15, 0.2) is 0 Å². The lowest BCUT2D eigenvalue weighted by molar-refractivity contribution is -0.738. The predicted octanol–water partition coefficient (Wildman–Crippen LogP) is 4.05. The Kier molecular flexibility index (Phi) is 4.80. The zero-order valence-electron chi connectivity index (χ0n) is 14.6. The van der Waals surface area contributed by atoms with E-state index < -0.39 is 0 Å². The summed E-state index contributed by atoms with van der Waals surface area (Å²) >= 11 is 0. The molecule has 1 fully saturated rings. The monoisotopic (exact) mass is 343 g/mol. The molecule has 0 spiro atoms. The van der Waals surface area contributed by atoms with E-state index in [-0.39, 0.29) is 18.0 Å². The number of quaternary nitrogens is 1. The molecule has 130 valence electrons. The van der Waals surface area contributed by atoms with Gasteiger partial charge >= 0.3 is 0 Å². The van der Waals surface area contributed by atoms with Gasteiger partial charge < -0.3 is 10.5 Å². The average molecular weight is 343 g/mol. The summed E-state index contributed by atoms with van der Waals surface area (Å²) in [5.74, 6) is 0.0589. The second kappa shape index (κ2) is 7.54. The van der Waals surface area contributed by atoms with Gasteiger partial charge in [-0.25, -0.2) is 0 Å². The maximum Gasteiger partial charge on any atom is 0.124 e. The second-order valence-electron chi connectivity index (χ2n) is 6.83. The summed E-state index contributed by atoms with van der Waals surface area (Å²) in [4.78, 5) is 0. The van der Waals surface area contributed by atoms with E-state index in [4.69, 9.17) is 0 Å². The van der Waals surface area contributed by atoms with Crippen LogP contribution in [0.25, 0.3) is 0 Å². The number of hydrogen-bond donors (Lipinski definition) is 2. The fourth-order valence-electron chi connectivity index (χ4n) is 4.06. The maximum atomic E-state index is 9.83. The van der Waals surface area contributed by atoms with Crippen molar-refractivity contribution < 1.29 is 10.5 Å². The topological polar surface area (TPSA) is 49.2 Å². The second-order valence-corrected chi connectivity index (χ2v) is 6.83. The minimum absolute atomic E-state index is 0.0589. The van der Waals surface area contributed by atoms with Crippen LogP contribution in [-0.2, 0) is 0 Å². The van der Waals surface area contributed by atoms with Crippen molar-refractivity contribution in [2.75, 3.05) is 0 Å². The number of rotatable bonds is 3. The van der Waals surface area contributed by atoms with Gasteiger partial charge in [-0.1, -0.05) is 96.2 Å². The molecule has 0 unspecified atom stereocenters. The van der Waals surface area contributed by atoms with Crippen molar-refractivity contribution in [3.63, 3.8) is 0 Å². The molecule has 1 aliphatic rings. The predicted molar refractivity (Wildman–Crippen MR) is 103 cm³/mol. The number of benzene rings is 3. The molecule has 0 aromatic heterocycles. The molecule has 1 heterocycles. The van der Waals surface area contributed by atoms with Crippen LogP contribution < -0.4 is 5.32 Å². The van der Waals surface area contributed by atoms with Crippen LogP contribution in [0.2, 0.25) is 0 Å². The van der Waals surface area contributed by atoms with Crippen molar-refractivity contribution in [3.05, 3.63) is 108 Å². The molecule has 3 nitrogen and oxygen atoms in total. The Morgan fingerprint density at radius 3 is 1.73 bits per heavy atom. The lowest BCUT2D eigenvalue weighted by Gasteiger charge is -2.35. The van der Waals surface area contributed by atoms with Crippen molar-refractivity contribution in [2.45, 2.75) is 24.4 Å². The standard InChI is InChI=1S/C23H22N2O/c26-25-21-16-20(17-10-4-1-5-11-17)24-23(19-14-8-3-9-15-19)22(21)18-12-6-2-7-13-18/h1-15,20,22-24,26H,16H2/p+1/t20-,22+,23+/m1/s1. The summed E-state index contributed by atoms with van der Waals surface area (Å²) in [6.45, 7) is 0. The molecule has 0 amide bonds. The molecule has 3 aromatic rings. The van der Waals surface area contributed by atoms with E-state index >= 15 is 0 Å². The Bertz CT molecular complexity index is 862. The van der Waals surface area contributed by atoms with E-state index in [1.54, 1.807) is 0 Å². The largest absolute Gasteiger partial charge is 0.411 e. The number of piperidine rings is 1. The average Bonchev–Trinajstić information content (AvgIpc) is 2.74. The lowest BCUT2D eigenvalue weighted by Crippen LogP contribution is -2.89. The maximum absolute atomic E-state index is 9.83. The fraction of sp³-hybridized carbons (Fsp3) is 0.174. The fourth-order valence-corrected chi connectivity index (χ4v) is 4.06. The minimum Gasteiger partial charge on any atom is -0.411 e. The Hall–Kier alpha value is -2.91. The number of oxime groups is 1. The van der Waals surface area contributed by atoms with Gasteiger partial charge in [0.1, 0.15) is 12.1 Å². The summed E-state index contributed by atoms with van der Waals surface area (Å²) in [6, 6.07) is 31.8. The van der Waals surface area contributed by atoms with Crippen molar-refractivity contribution >= 4 is 5.71 Å². The van der Waals surface area contributed by atoms with Crippen LogP contribution in [0, 0.1) is 0 Å². The van der Waals surface area contributed by atoms with Crippen LogP contribution in [0.4, 0.5) is 0 Å². The van der Waals surface area contributed by atoms with Gasteiger partial charge in [0.25, 0.3) is 0 Å². The molecule has 3 aromatic carbocycles. The van der Waals surface area contributed by atoms with Crippen molar-refractivity contribution in [2.24, 2.45) is 5.16 Å². The molecule has 1 saturated heterocycles. The first-order valence-corrected chi connectivity index (χ1v) is 9.07. The van der Waals surface area contributed by atoms with E-state index in [2.05, 4.69) is 83.3 Å². The quantitative estimate of drug-likeness (QED) is 0.547. The van der Waals surface area contributed by atoms with Gasteiger partial charge in [-0.05, 0) is 5.56 Å². The molecular weight excluding hydrogens is 320 g/mol. The molecule has 26 heavy (non-hydrogen) atoms. The van der Waals surface area contributed by atoms with Gasteiger partial charge in [-0.15, -0.1) is 0 Å². The van der Waals surface area contributed by atoms with Crippen LogP contribution >= 0.6 is 0 Å². The highest BCUT2D eigenvalue weighted by Crippen LogP contribution is 2.36. The molecule has 1 aliphatic heterocycles. The molecular formula is C23H23N2O+. The molecule has 0 aliphatic carbocycles. The molecule has 3 atom stereocenters. The Labute approximate surface area is 154 Å². The van der Waals surface area contributed by atoms with Crippen LogP contribution in [0.1, 0.15) is 41.1 Å². The summed E-state index contributed by atoms with van der Waals surface area (Å²) < 4.78 is 0. The summed E-state index contributed by atoms with van der Waals surface area (Å²) in [5.41, 5.74) is 4.56. The summed E-state index contributed by atoms with van der Waals surface area (Å²) in [6.07, 6.45) is 0.739. The van der Waals surface area contributed by atoms with E-state index in [0.717, 1.165) is 12.1 Å². The van der Waals surface area contributed by atoms with Gasteiger partial charge in [0, 0.05) is 17.5 Å². The number of nitrogens with two attached hydrogens (primary N) is 1. The smallest absolute Gasteiger partial charge is 0.124 e. The Morgan fingerprint density at radius 2 is 1.19 bits per heavy atom. The molecule has 0 saturated carbocycles. The van der Waals surface area contributed by atoms with Gasteiger partial charge in [-0.2, -0.15) is 0 Å². The first-order chi connectivity index (χ1) is 12.9. The third kappa shape index (κ3) is 3.26. The van der Waals surface area contributed by atoms with E-state index in [1.807, 2.05) is 18.2 Å². The number of hydrogen-bond acceptors (Lipinski definition) is 2. The van der Waals surface area contributed by atoms with E-state index in [1.165, 1.54) is 16.7 Å². The van der Waals surface area contributed by atoms with Crippen LogP contribution in [0.3, 0.4) is 0 Å². The first-order valence-electron chi connectivity index (χ1n) is 9.07. The third-order valence-corrected chi connectivity index (χ3v) is 5.29. The lowest BCUT2D eigenvalue weighted by atomic mass is 9.77.